The van der Waals surface area contributed by atoms with Crippen molar-refractivity contribution in [2.75, 3.05) is 19.6 Å². The maximum Gasteiger partial charge on any atom is 0.408 e. The molecule has 1 amide bonds. The van der Waals surface area contributed by atoms with E-state index in [1.165, 1.54) is 0 Å². The van der Waals surface area contributed by atoms with Crippen molar-refractivity contribution < 1.29 is 39.1 Å². The highest BCUT2D eigenvalue weighted by Gasteiger charge is 2.47. The molecule has 4 fully saturated rings. The predicted octanol–water partition coefficient (Wildman–Crippen LogP) is 4.28. The molecule has 10 heteroatoms. The van der Waals surface area contributed by atoms with Crippen LogP contribution < -0.4 is 5.32 Å². The van der Waals surface area contributed by atoms with Crippen LogP contribution in [-0.2, 0) is 19.0 Å². The van der Waals surface area contributed by atoms with Gasteiger partial charge in [0.2, 0.25) is 0 Å². The molecule has 4 N–H and O–H groups in total. The Labute approximate surface area is 275 Å². The molecule has 2 bridgehead atoms. The monoisotopic (exact) mass is 646 g/mol. The lowest BCUT2D eigenvalue weighted by Gasteiger charge is -2.44. The fourth-order valence-corrected chi connectivity index (χ4v) is 7.24. The van der Waals surface area contributed by atoms with E-state index in [1.54, 1.807) is 19.1 Å². The highest BCUT2D eigenvalue weighted by Crippen LogP contribution is 2.37. The first-order chi connectivity index (χ1) is 21.8. The average Bonchev–Trinajstić information content (AvgIpc) is 3.77. The number of carbonyl (C=O) groups excluding carboxylic acids is 2. The summed E-state index contributed by atoms with van der Waals surface area (Å²) in [5.41, 5.74) is -0.350. The summed E-state index contributed by atoms with van der Waals surface area (Å²) in [6.45, 7) is 14.5. The summed E-state index contributed by atoms with van der Waals surface area (Å²) < 4.78 is 17.6. The molecule has 11 atom stereocenters. The number of allylic oxidation sites excluding steroid dienone is 2. The molecule has 5 heterocycles. The average molecular weight is 647 g/mol. The molecule has 5 aliphatic heterocycles. The molecule has 0 aromatic heterocycles. The van der Waals surface area contributed by atoms with E-state index in [4.69, 9.17) is 14.2 Å². The zero-order valence-corrected chi connectivity index (χ0v) is 28.6. The largest absolute Gasteiger partial charge is 0.457 e. The van der Waals surface area contributed by atoms with Gasteiger partial charge in [0, 0.05) is 30.8 Å². The Bertz CT molecular complexity index is 1110. The fourth-order valence-electron chi connectivity index (χ4n) is 7.24. The van der Waals surface area contributed by atoms with Crippen molar-refractivity contribution in [2.45, 2.75) is 135 Å². The lowest BCUT2D eigenvalue weighted by atomic mass is 9.84. The van der Waals surface area contributed by atoms with Crippen molar-refractivity contribution in [1.82, 2.24) is 10.2 Å². The van der Waals surface area contributed by atoms with Crippen LogP contribution in [0.4, 0.5) is 4.79 Å². The Morgan fingerprint density at radius 3 is 2.59 bits per heavy atom. The van der Waals surface area contributed by atoms with Crippen LogP contribution in [0, 0.1) is 23.7 Å². The molecule has 11 unspecified atom stereocenters. The van der Waals surface area contributed by atoms with Crippen LogP contribution in [-0.4, -0.2) is 100 Å². The van der Waals surface area contributed by atoms with Gasteiger partial charge in [-0.2, -0.15) is 0 Å². The molecule has 0 saturated carbocycles. The lowest BCUT2D eigenvalue weighted by molar-refractivity contribution is -0.151. The maximum atomic E-state index is 13.0. The molecule has 0 aromatic carbocycles. The van der Waals surface area contributed by atoms with Crippen LogP contribution in [0.5, 0.6) is 0 Å². The molecular formula is C36H58N2O8. The predicted molar refractivity (Wildman–Crippen MR) is 176 cm³/mol. The van der Waals surface area contributed by atoms with E-state index in [2.05, 4.69) is 10.2 Å². The van der Waals surface area contributed by atoms with Crippen LogP contribution in [0.25, 0.3) is 0 Å². The van der Waals surface area contributed by atoms with Crippen molar-refractivity contribution in [1.29, 1.82) is 0 Å². The molecule has 260 valence electrons. The second kappa shape index (κ2) is 16.2. The minimum absolute atomic E-state index is 0.00770. The number of epoxide rings is 1. The van der Waals surface area contributed by atoms with E-state index in [-0.39, 0.29) is 42.4 Å². The zero-order chi connectivity index (χ0) is 33.6. The minimum atomic E-state index is -1.12. The first kappa shape index (κ1) is 36.6. The summed E-state index contributed by atoms with van der Waals surface area (Å²) in [5.74, 6) is -0.286. The first-order valence-corrected chi connectivity index (χ1v) is 17.4. The van der Waals surface area contributed by atoms with E-state index >= 15 is 0 Å². The second-order valence-electron chi connectivity index (χ2n) is 14.6. The van der Waals surface area contributed by atoms with Gasteiger partial charge in [0.1, 0.15) is 12.2 Å². The summed E-state index contributed by atoms with van der Waals surface area (Å²) in [6.07, 6.45) is 10.2. The third kappa shape index (κ3) is 10.4. The van der Waals surface area contributed by atoms with Crippen molar-refractivity contribution in [3.8, 4) is 0 Å². The normalized spacial score (nSPS) is 38.9. The van der Waals surface area contributed by atoms with Crippen molar-refractivity contribution in [2.24, 2.45) is 23.7 Å². The highest BCUT2D eigenvalue weighted by atomic mass is 16.6. The summed E-state index contributed by atoms with van der Waals surface area (Å²) in [6, 6.07) is 0.0995. The van der Waals surface area contributed by atoms with Crippen molar-refractivity contribution >= 4 is 12.1 Å². The Hall–Kier alpha value is -2.24. The smallest absolute Gasteiger partial charge is 0.408 e. The molecule has 0 aromatic rings. The number of piperidine rings is 3. The van der Waals surface area contributed by atoms with Gasteiger partial charge in [0.25, 0.3) is 0 Å². The van der Waals surface area contributed by atoms with Crippen LogP contribution in [0.15, 0.2) is 36.0 Å². The number of hydrogen-bond donors (Lipinski definition) is 4. The second-order valence-corrected chi connectivity index (χ2v) is 14.6. The number of fused-ring (bicyclic) bond motifs is 3. The molecular weight excluding hydrogens is 588 g/mol. The van der Waals surface area contributed by atoms with Gasteiger partial charge in [-0.05, 0) is 82.5 Å². The molecule has 5 rings (SSSR count). The number of hydrogen-bond acceptors (Lipinski definition) is 9. The SMILES string of the molecule is CCC(O)C(C)C1OC1CC(C)(O)/C=C/C=C(\C)C1OC(=O)CC(O)CCC(C)C(OC(=O)NC2CN3CCC2CC3)/C=C/C1C. The van der Waals surface area contributed by atoms with Gasteiger partial charge in [0.05, 0.1) is 36.4 Å². The number of carbonyl (C=O) groups is 2. The number of esters is 1. The molecule has 0 aliphatic carbocycles. The zero-order valence-electron chi connectivity index (χ0n) is 28.6. The number of aliphatic hydroxyl groups is 3. The van der Waals surface area contributed by atoms with Gasteiger partial charge in [-0.1, -0.05) is 52.0 Å². The Morgan fingerprint density at radius 2 is 1.93 bits per heavy atom. The summed E-state index contributed by atoms with van der Waals surface area (Å²) in [5, 5.41) is 34.9. The van der Waals surface area contributed by atoms with Crippen molar-refractivity contribution in [3.05, 3.63) is 36.0 Å². The fraction of sp³-hybridized carbons (Fsp3) is 0.778. The number of nitrogens with zero attached hydrogens (tertiary/aromatic N) is 1. The molecule has 5 aliphatic rings. The number of amides is 1. The standard InChI is InChI=1S/C36H58N2O8/c1-7-29(40)25(5)34-31(44-34)20-36(6,43)16-8-9-23(3)33-24(4)11-13-30(22(2)10-12-27(39)19-32(41)46-33)45-35(42)37-28-21-38-17-14-26(28)15-18-38/h8-9,11,13,16,22,24-31,33-34,39-40,43H,7,10,12,14-15,17-21H2,1-6H3,(H,37,42)/b13-11+,16-8+,23-9+. The third-order valence-corrected chi connectivity index (χ3v) is 10.5. The minimum Gasteiger partial charge on any atom is -0.457 e. The van der Waals surface area contributed by atoms with Gasteiger partial charge in [0.15, 0.2) is 0 Å². The summed E-state index contributed by atoms with van der Waals surface area (Å²) in [7, 11) is 0. The van der Waals surface area contributed by atoms with E-state index in [9.17, 15) is 24.9 Å². The highest BCUT2D eigenvalue weighted by molar-refractivity contribution is 5.70. The molecule has 10 nitrogen and oxygen atoms in total. The van der Waals surface area contributed by atoms with Gasteiger partial charge >= 0.3 is 12.1 Å². The van der Waals surface area contributed by atoms with Crippen LogP contribution in [0.2, 0.25) is 0 Å². The number of nitrogens with one attached hydrogen (secondary N) is 1. The molecule has 0 radical (unpaired) electrons. The Kier molecular flexibility index (Phi) is 12.9. The maximum absolute atomic E-state index is 13.0. The number of cyclic esters (lactones) is 1. The number of aliphatic hydroxyl groups excluding tert-OH is 2. The Balaban J connectivity index is 1.41. The quantitative estimate of drug-likeness (QED) is 0.119. The van der Waals surface area contributed by atoms with Gasteiger partial charge in [-0.15, -0.1) is 0 Å². The van der Waals surface area contributed by atoms with E-state index in [0.717, 1.165) is 38.0 Å². The van der Waals surface area contributed by atoms with Crippen LogP contribution in [0.3, 0.4) is 0 Å². The van der Waals surface area contributed by atoms with Gasteiger partial charge < -0.3 is 39.7 Å². The summed E-state index contributed by atoms with van der Waals surface area (Å²) in [4.78, 5) is 28.2. The third-order valence-electron chi connectivity index (χ3n) is 10.5. The number of alkyl carbamates (subject to hydrolysis) is 1. The molecule has 0 spiro atoms. The lowest BCUT2D eigenvalue weighted by Crippen LogP contribution is -2.57. The van der Waals surface area contributed by atoms with Crippen LogP contribution >= 0.6 is 0 Å². The molecule has 46 heavy (non-hydrogen) atoms. The Morgan fingerprint density at radius 1 is 1.22 bits per heavy atom. The number of rotatable bonds is 10. The number of ether oxygens (including phenoxy) is 3. The summed E-state index contributed by atoms with van der Waals surface area (Å²) >= 11 is 0. The van der Waals surface area contributed by atoms with E-state index in [0.29, 0.717) is 31.6 Å². The first-order valence-electron chi connectivity index (χ1n) is 17.4. The van der Waals surface area contributed by atoms with E-state index in [1.807, 2.05) is 52.8 Å². The van der Waals surface area contributed by atoms with Gasteiger partial charge in [-0.25, -0.2) is 4.79 Å². The van der Waals surface area contributed by atoms with Crippen LogP contribution in [0.1, 0.15) is 86.5 Å². The topological polar surface area (TPSA) is 141 Å². The van der Waals surface area contributed by atoms with Crippen molar-refractivity contribution in [3.63, 3.8) is 0 Å². The van der Waals surface area contributed by atoms with E-state index < -0.39 is 42.1 Å². The molecule has 4 saturated heterocycles. The van der Waals surface area contributed by atoms with Gasteiger partial charge in [-0.3, -0.25) is 4.79 Å².